The van der Waals surface area contributed by atoms with Gasteiger partial charge >= 0.3 is 6.03 Å². The van der Waals surface area contributed by atoms with E-state index in [1.165, 1.54) is 6.42 Å². The van der Waals surface area contributed by atoms with Crippen molar-refractivity contribution in [1.29, 1.82) is 0 Å². The topological polar surface area (TPSA) is 78.5 Å². The highest BCUT2D eigenvalue weighted by Crippen LogP contribution is 2.20. The van der Waals surface area contributed by atoms with Gasteiger partial charge in [-0.2, -0.15) is 0 Å². The van der Waals surface area contributed by atoms with Crippen LogP contribution in [0.2, 0.25) is 0 Å². The first-order valence-electron chi connectivity index (χ1n) is 8.23. The summed E-state index contributed by atoms with van der Waals surface area (Å²) < 4.78 is 22.8. The van der Waals surface area contributed by atoms with Crippen LogP contribution >= 0.6 is 0 Å². The summed E-state index contributed by atoms with van der Waals surface area (Å²) in [6.07, 6.45) is 1.79. The van der Waals surface area contributed by atoms with Gasteiger partial charge in [0.2, 0.25) is 0 Å². The zero-order chi connectivity index (χ0) is 16.3. The summed E-state index contributed by atoms with van der Waals surface area (Å²) in [6.45, 7) is 9.54. The minimum atomic E-state index is -2.96. The van der Waals surface area contributed by atoms with Crippen LogP contribution < -0.4 is 10.6 Å². The van der Waals surface area contributed by atoms with Gasteiger partial charge in [-0.25, -0.2) is 13.2 Å². The number of carbonyl (C=O) groups excluding carboxylic acids is 1. The molecule has 2 heterocycles. The Labute approximate surface area is 133 Å². The van der Waals surface area contributed by atoms with Crippen LogP contribution in [0.25, 0.3) is 0 Å². The van der Waals surface area contributed by atoms with Crippen LogP contribution in [0.4, 0.5) is 4.79 Å². The molecular weight excluding hydrogens is 302 g/mol. The van der Waals surface area contributed by atoms with Crippen molar-refractivity contribution < 1.29 is 13.2 Å². The number of carbonyl (C=O) groups is 1. The first kappa shape index (κ1) is 17.5. The van der Waals surface area contributed by atoms with Gasteiger partial charge in [-0.3, -0.25) is 0 Å². The van der Waals surface area contributed by atoms with Crippen molar-refractivity contribution >= 4 is 15.9 Å². The molecule has 2 fully saturated rings. The van der Waals surface area contributed by atoms with E-state index in [0.717, 1.165) is 19.6 Å². The maximum absolute atomic E-state index is 12.0. The van der Waals surface area contributed by atoms with Gasteiger partial charge in [-0.05, 0) is 31.6 Å². The normalized spacial score (nSPS) is 33.3. The van der Waals surface area contributed by atoms with Crippen molar-refractivity contribution in [3.05, 3.63) is 0 Å². The lowest BCUT2D eigenvalue weighted by molar-refractivity contribution is 0.131. The lowest BCUT2D eigenvalue weighted by Gasteiger charge is -2.36. The number of hydrogen-bond acceptors (Lipinski definition) is 4. The van der Waals surface area contributed by atoms with Gasteiger partial charge < -0.3 is 15.5 Å². The van der Waals surface area contributed by atoms with E-state index in [-0.39, 0.29) is 29.6 Å². The average Bonchev–Trinajstić information content (AvgIpc) is 2.66. The highest BCUT2D eigenvalue weighted by molar-refractivity contribution is 7.91. The Kier molecular flexibility index (Phi) is 5.71. The summed E-state index contributed by atoms with van der Waals surface area (Å²) in [7, 11) is -2.96. The van der Waals surface area contributed by atoms with E-state index in [1.807, 2.05) is 6.92 Å². The maximum Gasteiger partial charge on any atom is 0.315 e. The lowest BCUT2D eigenvalue weighted by atomic mass is 9.92. The molecule has 0 aromatic rings. The third-order valence-electron chi connectivity index (χ3n) is 4.42. The summed E-state index contributed by atoms with van der Waals surface area (Å²) in [5.41, 5.74) is 0. The van der Waals surface area contributed by atoms with Crippen molar-refractivity contribution in [1.82, 2.24) is 15.5 Å². The Bertz CT molecular complexity index is 484. The molecular formula is C15H29N3O3S. The number of nitrogens with one attached hydrogen (secondary N) is 2. The molecule has 6 nitrogen and oxygen atoms in total. The number of rotatable bonds is 4. The number of piperidine rings is 1. The second-order valence-electron chi connectivity index (χ2n) is 7.28. The summed E-state index contributed by atoms with van der Waals surface area (Å²) in [5, 5.41) is 5.70. The Balaban J connectivity index is 1.72. The number of sulfone groups is 1. The molecule has 128 valence electrons. The molecule has 7 heteroatoms. The Morgan fingerprint density at radius 1 is 1.27 bits per heavy atom. The van der Waals surface area contributed by atoms with E-state index in [9.17, 15) is 13.2 Å². The van der Waals surface area contributed by atoms with Crippen molar-refractivity contribution in [2.75, 3.05) is 31.1 Å². The molecule has 0 aromatic carbocycles. The zero-order valence-corrected chi connectivity index (χ0v) is 14.7. The summed E-state index contributed by atoms with van der Waals surface area (Å²) >= 11 is 0. The SMILES string of the molecule is C[C@@H]1C[C@H](C)CN(C[C@H](C)NC(=O)N[C@H]2CCS(=O)(=O)C2)C1. The highest BCUT2D eigenvalue weighted by Gasteiger charge is 2.29. The molecule has 22 heavy (non-hydrogen) atoms. The molecule has 0 aromatic heterocycles. The summed E-state index contributed by atoms with van der Waals surface area (Å²) in [6, 6.07) is -0.449. The van der Waals surface area contributed by atoms with E-state index in [4.69, 9.17) is 0 Å². The maximum atomic E-state index is 12.0. The van der Waals surface area contributed by atoms with Gasteiger partial charge in [0.05, 0.1) is 11.5 Å². The predicted molar refractivity (Wildman–Crippen MR) is 87.6 cm³/mol. The van der Waals surface area contributed by atoms with Crippen molar-refractivity contribution in [2.45, 2.75) is 45.7 Å². The fraction of sp³-hybridized carbons (Fsp3) is 0.933. The van der Waals surface area contributed by atoms with Crippen LogP contribution in [0.15, 0.2) is 0 Å². The average molecular weight is 331 g/mol. The number of nitrogens with zero attached hydrogens (tertiary/aromatic N) is 1. The van der Waals surface area contributed by atoms with Crippen LogP contribution in [0.3, 0.4) is 0 Å². The van der Waals surface area contributed by atoms with E-state index >= 15 is 0 Å². The quantitative estimate of drug-likeness (QED) is 0.800. The highest BCUT2D eigenvalue weighted by atomic mass is 32.2. The number of urea groups is 1. The van der Waals surface area contributed by atoms with E-state index in [2.05, 4.69) is 29.4 Å². The van der Waals surface area contributed by atoms with Crippen LogP contribution in [0.1, 0.15) is 33.6 Å². The minimum Gasteiger partial charge on any atom is -0.334 e. The fourth-order valence-corrected chi connectivity index (χ4v) is 5.41. The Morgan fingerprint density at radius 3 is 2.45 bits per heavy atom. The monoisotopic (exact) mass is 331 g/mol. The zero-order valence-electron chi connectivity index (χ0n) is 13.8. The van der Waals surface area contributed by atoms with Crippen molar-refractivity contribution in [3.63, 3.8) is 0 Å². The van der Waals surface area contributed by atoms with Gasteiger partial charge in [-0.1, -0.05) is 13.8 Å². The molecule has 0 radical (unpaired) electrons. The van der Waals surface area contributed by atoms with Gasteiger partial charge in [0.15, 0.2) is 9.84 Å². The summed E-state index contributed by atoms with van der Waals surface area (Å²) in [5.74, 6) is 1.65. The molecule has 4 atom stereocenters. The molecule has 2 N–H and O–H groups in total. The van der Waals surface area contributed by atoms with Crippen molar-refractivity contribution in [2.24, 2.45) is 11.8 Å². The molecule has 0 bridgehead atoms. The molecule has 0 saturated carbocycles. The molecule has 2 rings (SSSR count). The Hall–Kier alpha value is -0.820. The van der Waals surface area contributed by atoms with Crippen LogP contribution in [-0.4, -0.2) is 62.6 Å². The standard InChI is InChI=1S/C15H29N3O3S/c1-11-6-12(2)8-18(7-11)9-13(3)16-15(19)17-14-4-5-22(20,21)10-14/h11-14H,4-10H2,1-3H3,(H2,16,17,19)/t11-,12+,13-,14-/m0/s1. The molecule has 0 unspecified atom stereocenters. The smallest absolute Gasteiger partial charge is 0.315 e. The second kappa shape index (κ2) is 7.17. The number of likely N-dealkylation sites (tertiary alicyclic amines) is 1. The first-order valence-corrected chi connectivity index (χ1v) is 10.1. The van der Waals surface area contributed by atoms with Gasteiger partial charge in [0.1, 0.15) is 0 Å². The molecule has 2 amide bonds. The molecule has 0 spiro atoms. The van der Waals surface area contributed by atoms with E-state index in [0.29, 0.717) is 18.3 Å². The van der Waals surface area contributed by atoms with Crippen LogP contribution in [0, 0.1) is 11.8 Å². The van der Waals surface area contributed by atoms with Crippen molar-refractivity contribution in [3.8, 4) is 0 Å². The first-order chi connectivity index (χ1) is 10.2. The molecule has 2 aliphatic heterocycles. The molecule has 0 aliphatic carbocycles. The number of amides is 2. The Morgan fingerprint density at radius 2 is 1.91 bits per heavy atom. The van der Waals surface area contributed by atoms with Crippen LogP contribution in [0.5, 0.6) is 0 Å². The van der Waals surface area contributed by atoms with E-state index in [1.54, 1.807) is 0 Å². The van der Waals surface area contributed by atoms with Gasteiger partial charge in [-0.15, -0.1) is 0 Å². The van der Waals surface area contributed by atoms with E-state index < -0.39 is 9.84 Å². The third-order valence-corrected chi connectivity index (χ3v) is 6.19. The molecule has 2 saturated heterocycles. The lowest BCUT2D eigenvalue weighted by Crippen LogP contribution is -2.51. The second-order valence-corrected chi connectivity index (χ2v) is 9.51. The molecule has 2 aliphatic rings. The fourth-order valence-electron chi connectivity index (χ4n) is 3.73. The minimum absolute atomic E-state index is 0.0514. The largest absolute Gasteiger partial charge is 0.334 e. The predicted octanol–water partition coefficient (Wildman–Crippen LogP) is 0.839. The summed E-state index contributed by atoms with van der Waals surface area (Å²) in [4.78, 5) is 14.4. The number of hydrogen-bond donors (Lipinski definition) is 2. The third kappa shape index (κ3) is 5.43. The van der Waals surface area contributed by atoms with Gasteiger partial charge in [0.25, 0.3) is 0 Å². The van der Waals surface area contributed by atoms with Gasteiger partial charge in [0, 0.05) is 31.7 Å². The van der Waals surface area contributed by atoms with Crippen LogP contribution in [-0.2, 0) is 9.84 Å².